The summed E-state index contributed by atoms with van der Waals surface area (Å²) in [5.74, 6) is 0.503. The molecule has 0 saturated heterocycles. The molecule has 21 heavy (non-hydrogen) atoms. The molecule has 1 aliphatic carbocycles. The highest BCUT2D eigenvalue weighted by molar-refractivity contribution is 5.30. The van der Waals surface area contributed by atoms with Gasteiger partial charge in [0.15, 0.2) is 0 Å². The number of hydrogen-bond acceptors (Lipinski definition) is 1. The van der Waals surface area contributed by atoms with Gasteiger partial charge in [0, 0.05) is 0 Å². The van der Waals surface area contributed by atoms with E-state index in [1.54, 1.807) is 6.07 Å². The van der Waals surface area contributed by atoms with E-state index in [1.165, 1.54) is 6.07 Å². The minimum atomic E-state index is -4.37. The van der Waals surface area contributed by atoms with Crippen LogP contribution in [-0.2, 0) is 11.8 Å². The normalized spacial score (nSPS) is 27.7. The molecule has 1 aromatic carbocycles. The molecule has 4 heteroatoms. The van der Waals surface area contributed by atoms with Crippen LogP contribution >= 0.6 is 0 Å². The molecule has 1 saturated carbocycles. The Hall–Kier alpha value is -1.03. The highest BCUT2D eigenvalue weighted by atomic mass is 19.4. The SMILES string of the molecule is CC(C)(C)C1CCC(O)(c2cccc(C(F)(F)F)c2)CC1. The van der Waals surface area contributed by atoms with E-state index in [-0.39, 0.29) is 5.41 Å². The average molecular weight is 300 g/mol. The molecule has 0 radical (unpaired) electrons. The zero-order valence-corrected chi connectivity index (χ0v) is 12.8. The maximum absolute atomic E-state index is 12.8. The van der Waals surface area contributed by atoms with Crippen LogP contribution in [0.3, 0.4) is 0 Å². The van der Waals surface area contributed by atoms with E-state index in [9.17, 15) is 18.3 Å². The standard InChI is InChI=1S/C17H23F3O/c1-15(2,3)12-7-9-16(21,10-8-12)13-5-4-6-14(11-13)17(18,19)20/h4-6,11-12,21H,7-10H2,1-3H3. The second kappa shape index (κ2) is 5.31. The fraction of sp³-hybridized carbons (Fsp3) is 0.647. The summed E-state index contributed by atoms with van der Waals surface area (Å²) in [5.41, 5.74) is -1.24. The second-order valence-electron chi connectivity index (χ2n) is 7.25. The Balaban J connectivity index is 2.19. The molecule has 0 atom stereocenters. The van der Waals surface area contributed by atoms with Gasteiger partial charge in [-0.05, 0) is 54.7 Å². The lowest BCUT2D eigenvalue weighted by molar-refractivity contribution is -0.137. The van der Waals surface area contributed by atoms with Crippen molar-refractivity contribution < 1.29 is 18.3 Å². The van der Waals surface area contributed by atoms with E-state index in [0.29, 0.717) is 24.3 Å². The van der Waals surface area contributed by atoms with Crippen LogP contribution in [0.25, 0.3) is 0 Å². The summed E-state index contributed by atoms with van der Waals surface area (Å²) in [6, 6.07) is 5.13. The van der Waals surface area contributed by atoms with Crippen LogP contribution < -0.4 is 0 Å². The Labute approximate surface area is 124 Å². The van der Waals surface area contributed by atoms with E-state index in [1.807, 2.05) is 0 Å². The van der Waals surface area contributed by atoms with Crippen molar-refractivity contribution in [3.63, 3.8) is 0 Å². The lowest BCUT2D eigenvalue weighted by Crippen LogP contribution is -2.35. The van der Waals surface area contributed by atoms with Crippen LogP contribution in [0.2, 0.25) is 0 Å². The summed E-state index contributed by atoms with van der Waals surface area (Å²) < 4.78 is 38.4. The van der Waals surface area contributed by atoms with Crippen molar-refractivity contribution in [2.24, 2.45) is 11.3 Å². The molecule has 0 unspecified atom stereocenters. The molecule has 0 amide bonds. The third kappa shape index (κ3) is 3.60. The monoisotopic (exact) mass is 300 g/mol. The molecule has 1 aliphatic rings. The maximum atomic E-state index is 12.8. The average Bonchev–Trinajstić information content (AvgIpc) is 2.37. The predicted octanol–water partition coefficient (Wildman–Crippen LogP) is 5.13. The Morgan fingerprint density at radius 2 is 1.67 bits per heavy atom. The smallest absolute Gasteiger partial charge is 0.385 e. The quantitative estimate of drug-likeness (QED) is 0.762. The van der Waals surface area contributed by atoms with Crippen molar-refractivity contribution >= 4 is 0 Å². The van der Waals surface area contributed by atoms with Crippen molar-refractivity contribution in [3.8, 4) is 0 Å². The van der Waals surface area contributed by atoms with Crippen LogP contribution in [-0.4, -0.2) is 5.11 Å². The van der Waals surface area contributed by atoms with Crippen molar-refractivity contribution in [1.82, 2.24) is 0 Å². The van der Waals surface area contributed by atoms with Gasteiger partial charge in [0.2, 0.25) is 0 Å². The first-order valence-electron chi connectivity index (χ1n) is 7.42. The molecule has 0 spiro atoms. The zero-order chi connectivity index (χ0) is 15.9. The van der Waals surface area contributed by atoms with E-state index in [4.69, 9.17) is 0 Å². The summed E-state index contributed by atoms with van der Waals surface area (Å²) in [7, 11) is 0. The topological polar surface area (TPSA) is 20.2 Å². The molecule has 1 N–H and O–H groups in total. The minimum Gasteiger partial charge on any atom is -0.385 e. The third-order valence-electron chi connectivity index (χ3n) is 4.76. The molecule has 1 nitrogen and oxygen atoms in total. The first-order chi connectivity index (χ1) is 9.52. The van der Waals surface area contributed by atoms with Crippen LogP contribution in [0.5, 0.6) is 0 Å². The number of hydrogen-bond donors (Lipinski definition) is 1. The maximum Gasteiger partial charge on any atom is 0.416 e. The molecular formula is C17H23F3O. The van der Waals surface area contributed by atoms with Crippen molar-refractivity contribution in [2.75, 3.05) is 0 Å². The Morgan fingerprint density at radius 3 is 2.14 bits per heavy atom. The number of aliphatic hydroxyl groups is 1. The summed E-state index contributed by atoms with van der Waals surface area (Å²) >= 11 is 0. The summed E-state index contributed by atoms with van der Waals surface area (Å²) in [6.07, 6.45) is -1.63. The van der Waals surface area contributed by atoms with Crippen LogP contribution in [0.4, 0.5) is 13.2 Å². The molecule has 1 fully saturated rings. The molecular weight excluding hydrogens is 277 g/mol. The molecule has 0 aliphatic heterocycles. The van der Waals surface area contributed by atoms with Gasteiger partial charge < -0.3 is 5.11 Å². The van der Waals surface area contributed by atoms with Crippen LogP contribution in [0.1, 0.15) is 57.6 Å². The van der Waals surface area contributed by atoms with Crippen molar-refractivity contribution in [1.29, 1.82) is 0 Å². The van der Waals surface area contributed by atoms with Crippen LogP contribution in [0, 0.1) is 11.3 Å². The summed E-state index contributed by atoms with van der Waals surface area (Å²) in [6.45, 7) is 6.52. The summed E-state index contributed by atoms with van der Waals surface area (Å²) in [5, 5.41) is 10.7. The highest BCUT2D eigenvalue weighted by Gasteiger charge is 2.39. The van der Waals surface area contributed by atoms with Crippen LogP contribution in [0.15, 0.2) is 24.3 Å². The number of benzene rings is 1. The number of rotatable bonds is 1. The van der Waals surface area contributed by atoms with Gasteiger partial charge in [0.1, 0.15) is 0 Å². The van der Waals surface area contributed by atoms with E-state index in [0.717, 1.165) is 25.0 Å². The zero-order valence-electron chi connectivity index (χ0n) is 12.8. The van der Waals surface area contributed by atoms with Gasteiger partial charge in [-0.25, -0.2) is 0 Å². The van der Waals surface area contributed by atoms with Gasteiger partial charge in [-0.2, -0.15) is 13.2 Å². The van der Waals surface area contributed by atoms with Crippen molar-refractivity contribution in [3.05, 3.63) is 35.4 Å². The van der Waals surface area contributed by atoms with Gasteiger partial charge in [-0.15, -0.1) is 0 Å². The highest BCUT2D eigenvalue weighted by Crippen LogP contribution is 2.46. The first kappa shape index (κ1) is 16.3. The van der Waals surface area contributed by atoms with Crippen molar-refractivity contribution in [2.45, 2.75) is 58.2 Å². The lowest BCUT2D eigenvalue weighted by atomic mass is 9.67. The van der Waals surface area contributed by atoms with Gasteiger partial charge in [0.05, 0.1) is 11.2 Å². The first-order valence-corrected chi connectivity index (χ1v) is 7.42. The minimum absolute atomic E-state index is 0.176. The molecule has 2 rings (SSSR count). The number of halogens is 3. The van der Waals surface area contributed by atoms with Gasteiger partial charge >= 0.3 is 6.18 Å². The number of alkyl halides is 3. The molecule has 0 bridgehead atoms. The molecule has 118 valence electrons. The van der Waals surface area contributed by atoms with E-state index >= 15 is 0 Å². The van der Waals surface area contributed by atoms with Gasteiger partial charge in [0.25, 0.3) is 0 Å². The second-order valence-corrected chi connectivity index (χ2v) is 7.25. The Kier molecular flexibility index (Phi) is 4.13. The van der Waals surface area contributed by atoms with Gasteiger partial charge in [-0.3, -0.25) is 0 Å². The Bertz CT molecular complexity index is 491. The molecule has 0 aromatic heterocycles. The Morgan fingerprint density at radius 1 is 1.10 bits per heavy atom. The summed E-state index contributed by atoms with van der Waals surface area (Å²) in [4.78, 5) is 0. The lowest BCUT2D eigenvalue weighted by Gasteiger charge is -2.41. The fourth-order valence-electron chi connectivity index (χ4n) is 3.24. The molecule has 0 heterocycles. The fourth-order valence-corrected chi connectivity index (χ4v) is 3.24. The van der Waals surface area contributed by atoms with E-state index < -0.39 is 17.3 Å². The van der Waals surface area contributed by atoms with E-state index in [2.05, 4.69) is 20.8 Å². The molecule has 1 aromatic rings. The third-order valence-corrected chi connectivity index (χ3v) is 4.76. The largest absolute Gasteiger partial charge is 0.416 e. The van der Waals surface area contributed by atoms with Gasteiger partial charge in [-0.1, -0.05) is 32.9 Å². The predicted molar refractivity (Wildman–Crippen MR) is 76.8 cm³/mol.